The van der Waals surface area contributed by atoms with Crippen LogP contribution in [0.25, 0.3) is 0 Å². The van der Waals surface area contributed by atoms with Crippen LogP contribution in [-0.4, -0.2) is 49.4 Å². The molecule has 1 saturated heterocycles. The molecule has 0 bridgehead atoms. The third-order valence-electron chi connectivity index (χ3n) is 4.23. The Morgan fingerprint density at radius 1 is 1.08 bits per heavy atom. The predicted octanol–water partition coefficient (Wildman–Crippen LogP) is -0.0633. The fourth-order valence-electron chi connectivity index (χ4n) is 2.84. The molecule has 24 heavy (non-hydrogen) atoms. The summed E-state index contributed by atoms with van der Waals surface area (Å²) in [5.41, 5.74) is 1.09. The van der Waals surface area contributed by atoms with E-state index in [2.05, 4.69) is 5.32 Å². The van der Waals surface area contributed by atoms with Crippen molar-refractivity contribution < 1.29 is 18.9 Å². The number of hydrogen-bond acceptors (Lipinski definition) is 3. The molecule has 6 nitrogen and oxygen atoms in total. The maximum Gasteiger partial charge on any atom is 0.289 e. The molecule has 0 spiro atoms. The monoisotopic (exact) mass is 328 g/mol. The number of carbonyl (C=O) groups excluding carboxylic acids is 2. The zero-order chi connectivity index (χ0) is 16.8. The van der Waals surface area contributed by atoms with E-state index < -0.39 is 0 Å². The molecule has 1 aromatic carbocycles. The normalized spacial score (nSPS) is 15.2. The van der Waals surface area contributed by atoms with Crippen LogP contribution in [-0.2, 0) is 11.3 Å². The summed E-state index contributed by atoms with van der Waals surface area (Å²) in [5, 5.41) is 2.95. The number of benzene rings is 1. The van der Waals surface area contributed by atoms with E-state index in [0.29, 0.717) is 31.9 Å². The first-order valence-corrected chi connectivity index (χ1v) is 8.19. The minimum Gasteiger partial charge on any atom is -0.459 e. The van der Waals surface area contributed by atoms with Gasteiger partial charge < -0.3 is 19.5 Å². The molecule has 3 rings (SSSR count). The van der Waals surface area contributed by atoms with Crippen LogP contribution in [0.3, 0.4) is 0 Å². The minimum absolute atomic E-state index is 0.0414. The molecular weight excluding hydrogens is 306 g/mol. The third kappa shape index (κ3) is 4.23. The highest BCUT2D eigenvalue weighted by Crippen LogP contribution is 2.05. The predicted molar refractivity (Wildman–Crippen MR) is 88.5 cm³/mol. The quantitative estimate of drug-likeness (QED) is 0.808. The maximum absolute atomic E-state index is 12.2. The SMILES string of the molecule is O=C(C[NH+]1CCN(C(=O)c2ccco2)CC1)NCc1ccccc1. The Hall–Kier alpha value is -2.60. The first-order chi connectivity index (χ1) is 11.7. The van der Waals surface area contributed by atoms with Crippen molar-refractivity contribution in [3.63, 3.8) is 0 Å². The van der Waals surface area contributed by atoms with E-state index >= 15 is 0 Å². The second-order valence-corrected chi connectivity index (χ2v) is 5.96. The zero-order valence-electron chi connectivity index (χ0n) is 13.5. The van der Waals surface area contributed by atoms with Gasteiger partial charge in [0.05, 0.1) is 32.4 Å². The summed E-state index contributed by atoms with van der Waals surface area (Å²) < 4.78 is 5.15. The van der Waals surface area contributed by atoms with Crippen molar-refractivity contribution in [3.05, 3.63) is 60.1 Å². The summed E-state index contributed by atoms with van der Waals surface area (Å²) in [5.74, 6) is 0.339. The van der Waals surface area contributed by atoms with Crippen LogP contribution in [0.2, 0.25) is 0 Å². The van der Waals surface area contributed by atoms with Crippen molar-refractivity contribution in [1.29, 1.82) is 0 Å². The minimum atomic E-state index is -0.0763. The molecular formula is C18H22N3O3+. The zero-order valence-corrected chi connectivity index (χ0v) is 13.5. The summed E-state index contributed by atoms with van der Waals surface area (Å²) in [6, 6.07) is 13.3. The van der Waals surface area contributed by atoms with Crippen molar-refractivity contribution in [2.24, 2.45) is 0 Å². The van der Waals surface area contributed by atoms with Crippen LogP contribution in [0.4, 0.5) is 0 Å². The van der Waals surface area contributed by atoms with Crippen molar-refractivity contribution in [2.75, 3.05) is 32.7 Å². The van der Waals surface area contributed by atoms with Gasteiger partial charge in [-0.25, -0.2) is 0 Å². The molecule has 0 aliphatic carbocycles. The van der Waals surface area contributed by atoms with Gasteiger partial charge in [-0.1, -0.05) is 30.3 Å². The van der Waals surface area contributed by atoms with E-state index in [4.69, 9.17) is 4.42 Å². The van der Waals surface area contributed by atoms with E-state index in [0.717, 1.165) is 18.7 Å². The van der Waals surface area contributed by atoms with E-state index in [1.165, 1.54) is 11.2 Å². The summed E-state index contributed by atoms with van der Waals surface area (Å²) in [7, 11) is 0. The Kier molecular flexibility index (Phi) is 5.28. The standard InChI is InChI=1S/C18H21N3O3/c22-17(19-13-15-5-2-1-3-6-15)14-20-8-10-21(11-9-20)18(23)16-7-4-12-24-16/h1-7,12H,8-11,13-14H2,(H,19,22)/p+1. The molecule has 126 valence electrons. The van der Waals surface area contributed by atoms with Crippen LogP contribution < -0.4 is 10.2 Å². The molecule has 0 saturated carbocycles. The van der Waals surface area contributed by atoms with Crippen molar-refractivity contribution in [3.8, 4) is 0 Å². The van der Waals surface area contributed by atoms with Gasteiger partial charge in [0.15, 0.2) is 12.3 Å². The molecule has 2 N–H and O–H groups in total. The number of carbonyl (C=O) groups is 2. The molecule has 0 radical (unpaired) electrons. The van der Waals surface area contributed by atoms with Crippen LogP contribution >= 0.6 is 0 Å². The molecule has 1 aromatic heterocycles. The number of furan rings is 1. The summed E-state index contributed by atoms with van der Waals surface area (Å²) >= 11 is 0. The highest BCUT2D eigenvalue weighted by atomic mass is 16.3. The molecule has 6 heteroatoms. The van der Waals surface area contributed by atoms with Gasteiger partial charge in [0.25, 0.3) is 11.8 Å². The van der Waals surface area contributed by atoms with Crippen LogP contribution in [0.15, 0.2) is 53.1 Å². The number of amides is 2. The van der Waals surface area contributed by atoms with E-state index in [1.807, 2.05) is 30.3 Å². The van der Waals surface area contributed by atoms with Crippen LogP contribution in [0.5, 0.6) is 0 Å². The Morgan fingerprint density at radius 3 is 2.50 bits per heavy atom. The van der Waals surface area contributed by atoms with E-state index in [-0.39, 0.29) is 11.8 Å². The van der Waals surface area contributed by atoms with Gasteiger partial charge in [-0.3, -0.25) is 9.59 Å². The van der Waals surface area contributed by atoms with Gasteiger partial charge in [0, 0.05) is 6.54 Å². The van der Waals surface area contributed by atoms with Crippen LogP contribution in [0, 0.1) is 0 Å². The lowest BCUT2D eigenvalue weighted by Gasteiger charge is -2.31. The van der Waals surface area contributed by atoms with Crippen molar-refractivity contribution >= 4 is 11.8 Å². The lowest BCUT2D eigenvalue weighted by atomic mass is 10.2. The first kappa shape index (κ1) is 16.3. The Labute approximate surface area is 141 Å². The molecule has 0 atom stereocenters. The summed E-state index contributed by atoms with van der Waals surface area (Å²) in [4.78, 5) is 27.2. The number of nitrogens with one attached hydrogen (secondary N) is 2. The average molecular weight is 328 g/mol. The van der Waals surface area contributed by atoms with E-state index in [9.17, 15) is 9.59 Å². The molecule has 2 aromatic rings. The number of rotatable bonds is 5. The Bertz CT molecular complexity index is 662. The van der Waals surface area contributed by atoms with Gasteiger partial charge in [-0.05, 0) is 17.7 Å². The average Bonchev–Trinajstić information content (AvgIpc) is 3.16. The summed E-state index contributed by atoms with van der Waals surface area (Å²) in [6.07, 6.45) is 1.51. The van der Waals surface area contributed by atoms with Gasteiger partial charge in [0.2, 0.25) is 0 Å². The van der Waals surface area contributed by atoms with Gasteiger partial charge in [0.1, 0.15) is 0 Å². The fraction of sp³-hybridized carbons (Fsp3) is 0.333. The smallest absolute Gasteiger partial charge is 0.289 e. The molecule has 1 aliphatic rings. The number of quaternary nitrogens is 1. The van der Waals surface area contributed by atoms with Gasteiger partial charge >= 0.3 is 0 Å². The van der Waals surface area contributed by atoms with Crippen molar-refractivity contribution in [1.82, 2.24) is 10.2 Å². The first-order valence-electron chi connectivity index (χ1n) is 8.19. The number of hydrogen-bond donors (Lipinski definition) is 2. The number of piperazine rings is 1. The van der Waals surface area contributed by atoms with Gasteiger partial charge in [-0.15, -0.1) is 0 Å². The maximum atomic E-state index is 12.2. The summed E-state index contributed by atoms with van der Waals surface area (Å²) in [6.45, 7) is 3.81. The lowest BCUT2D eigenvalue weighted by molar-refractivity contribution is -0.896. The highest BCUT2D eigenvalue weighted by Gasteiger charge is 2.26. The van der Waals surface area contributed by atoms with E-state index in [1.54, 1.807) is 17.0 Å². The third-order valence-corrected chi connectivity index (χ3v) is 4.23. The lowest BCUT2D eigenvalue weighted by Crippen LogP contribution is -3.15. The van der Waals surface area contributed by atoms with Crippen LogP contribution in [0.1, 0.15) is 16.1 Å². The highest BCUT2D eigenvalue weighted by molar-refractivity contribution is 5.91. The Morgan fingerprint density at radius 2 is 1.83 bits per heavy atom. The van der Waals surface area contributed by atoms with Crippen molar-refractivity contribution in [2.45, 2.75) is 6.54 Å². The molecule has 2 amide bonds. The molecule has 1 fully saturated rings. The largest absolute Gasteiger partial charge is 0.459 e. The molecule has 0 unspecified atom stereocenters. The topological polar surface area (TPSA) is 67.0 Å². The second kappa shape index (κ2) is 7.79. The second-order valence-electron chi connectivity index (χ2n) is 5.96. The molecule has 1 aliphatic heterocycles. The fourth-order valence-corrected chi connectivity index (χ4v) is 2.84. The number of nitrogens with zero attached hydrogens (tertiary/aromatic N) is 1. The molecule has 2 heterocycles. The Balaban J connectivity index is 1.40. The van der Waals surface area contributed by atoms with Gasteiger partial charge in [-0.2, -0.15) is 0 Å².